The van der Waals surface area contributed by atoms with Gasteiger partial charge >= 0.3 is 0 Å². The first-order valence-electron chi connectivity index (χ1n) is 8.04. The number of rotatable bonds is 4. The summed E-state index contributed by atoms with van der Waals surface area (Å²) in [4.78, 5) is 7.45. The van der Waals surface area contributed by atoms with Gasteiger partial charge in [-0.05, 0) is 31.9 Å². The smallest absolute Gasteiger partial charge is 0.134 e. The summed E-state index contributed by atoms with van der Waals surface area (Å²) in [6.07, 6.45) is 2.54. The molecule has 1 atom stereocenters. The minimum Gasteiger partial charge on any atom is -0.354 e. The van der Waals surface area contributed by atoms with E-state index in [-0.39, 0.29) is 0 Å². The Morgan fingerprint density at radius 1 is 1.33 bits per heavy atom. The molecule has 1 fully saturated rings. The third kappa shape index (κ3) is 3.03. The summed E-state index contributed by atoms with van der Waals surface area (Å²) in [5.41, 5.74) is 2.41. The lowest BCUT2D eigenvalue weighted by molar-refractivity contribution is 0.586. The SMILES string of the molecule is CC(C)NCc1cc2ccccc2nc1N1CCCC1C. The second-order valence-electron chi connectivity index (χ2n) is 6.38. The monoisotopic (exact) mass is 283 g/mol. The van der Waals surface area contributed by atoms with Gasteiger partial charge in [0.2, 0.25) is 0 Å². The van der Waals surface area contributed by atoms with E-state index >= 15 is 0 Å². The maximum absolute atomic E-state index is 4.97. The Bertz CT molecular complexity index is 621. The topological polar surface area (TPSA) is 28.2 Å². The Morgan fingerprint density at radius 2 is 2.14 bits per heavy atom. The molecule has 2 heterocycles. The molecule has 0 radical (unpaired) electrons. The summed E-state index contributed by atoms with van der Waals surface area (Å²) in [5, 5.41) is 4.77. The average Bonchev–Trinajstić information content (AvgIpc) is 2.90. The van der Waals surface area contributed by atoms with Gasteiger partial charge in [-0.3, -0.25) is 0 Å². The highest BCUT2D eigenvalue weighted by Gasteiger charge is 2.24. The zero-order valence-electron chi connectivity index (χ0n) is 13.3. The van der Waals surface area contributed by atoms with Gasteiger partial charge in [0.1, 0.15) is 5.82 Å². The van der Waals surface area contributed by atoms with Crippen molar-refractivity contribution in [2.75, 3.05) is 11.4 Å². The van der Waals surface area contributed by atoms with Gasteiger partial charge in [-0.15, -0.1) is 0 Å². The molecule has 0 amide bonds. The molecule has 0 spiro atoms. The summed E-state index contributed by atoms with van der Waals surface area (Å²) in [6, 6.07) is 11.8. The van der Waals surface area contributed by atoms with Crippen LogP contribution in [0, 0.1) is 0 Å². The fourth-order valence-corrected chi connectivity index (χ4v) is 3.09. The van der Waals surface area contributed by atoms with Crippen molar-refractivity contribution in [1.29, 1.82) is 0 Å². The zero-order valence-corrected chi connectivity index (χ0v) is 13.3. The van der Waals surface area contributed by atoms with Crippen LogP contribution in [0.25, 0.3) is 10.9 Å². The number of aromatic nitrogens is 1. The van der Waals surface area contributed by atoms with E-state index in [0.717, 1.165) is 18.6 Å². The van der Waals surface area contributed by atoms with Crippen LogP contribution in [0.5, 0.6) is 0 Å². The van der Waals surface area contributed by atoms with Crippen molar-refractivity contribution in [2.45, 2.75) is 52.2 Å². The van der Waals surface area contributed by atoms with E-state index in [1.54, 1.807) is 0 Å². The summed E-state index contributed by atoms with van der Waals surface area (Å²) in [7, 11) is 0. The summed E-state index contributed by atoms with van der Waals surface area (Å²) >= 11 is 0. The summed E-state index contributed by atoms with van der Waals surface area (Å²) < 4.78 is 0. The first-order chi connectivity index (χ1) is 10.1. The fourth-order valence-electron chi connectivity index (χ4n) is 3.09. The van der Waals surface area contributed by atoms with E-state index in [4.69, 9.17) is 4.98 Å². The number of hydrogen-bond acceptors (Lipinski definition) is 3. The van der Waals surface area contributed by atoms with Crippen LogP contribution in [0.1, 0.15) is 39.2 Å². The molecule has 1 aliphatic rings. The predicted octanol–water partition coefficient (Wildman–Crippen LogP) is 3.72. The molecule has 3 heteroatoms. The van der Waals surface area contributed by atoms with E-state index in [2.05, 4.69) is 61.3 Å². The second kappa shape index (κ2) is 6.02. The highest BCUT2D eigenvalue weighted by atomic mass is 15.2. The molecule has 1 N–H and O–H groups in total. The van der Waals surface area contributed by atoms with Crippen molar-refractivity contribution >= 4 is 16.7 Å². The predicted molar refractivity (Wildman–Crippen MR) is 89.8 cm³/mol. The maximum Gasteiger partial charge on any atom is 0.134 e. The molecule has 21 heavy (non-hydrogen) atoms. The van der Waals surface area contributed by atoms with Gasteiger partial charge < -0.3 is 10.2 Å². The number of benzene rings is 1. The number of nitrogens with one attached hydrogen (secondary N) is 1. The van der Waals surface area contributed by atoms with Crippen LogP contribution < -0.4 is 10.2 Å². The average molecular weight is 283 g/mol. The van der Waals surface area contributed by atoms with Crippen LogP contribution in [0.3, 0.4) is 0 Å². The minimum atomic E-state index is 0.486. The summed E-state index contributed by atoms with van der Waals surface area (Å²) in [5.74, 6) is 1.17. The van der Waals surface area contributed by atoms with Crippen LogP contribution >= 0.6 is 0 Å². The van der Waals surface area contributed by atoms with Crippen molar-refractivity contribution in [3.63, 3.8) is 0 Å². The third-order valence-electron chi connectivity index (χ3n) is 4.31. The zero-order chi connectivity index (χ0) is 14.8. The van der Waals surface area contributed by atoms with Crippen molar-refractivity contribution in [2.24, 2.45) is 0 Å². The van der Waals surface area contributed by atoms with E-state index in [0.29, 0.717) is 12.1 Å². The van der Waals surface area contributed by atoms with Gasteiger partial charge in [0.15, 0.2) is 0 Å². The third-order valence-corrected chi connectivity index (χ3v) is 4.31. The Labute approximate surface area is 127 Å². The Balaban J connectivity index is 2.03. The lowest BCUT2D eigenvalue weighted by atomic mass is 10.1. The normalized spacial score (nSPS) is 18.9. The van der Waals surface area contributed by atoms with Gasteiger partial charge in [0.25, 0.3) is 0 Å². The number of hydrogen-bond donors (Lipinski definition) is 1. The van der Waals surface area contributed by atoms with Crippen LogP contribution in [0.15, 0.2) is 30.3 Å². The molecular formula is C18H25N3. The van der Waals surface area contributed by atoms with Crippen LogP contribution in [-0.2, 0) is 6.54 Å². The number of anilines is 1. The molecule has 0 saturated carbocycles. The first kappa shape index (κ1) is 14.3. The molecule has 3 rings (SSSR count). The highest BCUT2D eigenvalue weighted by molar-refractivity contribution is 5.82. The van der Waals surface area contributed by atoms with E-state index < -0.39 is 0 Å². The Hall–Kier alpha value is -1.61. The summed E-state index contributed by atoms with van der Waals surface area (Å²) in [6.45, 7) is 8.69. The van der Waals surface area contributed by atoms with Gasteiger partial charge in [0, 0.05) is 36.1 Å². The van der Waals surface area contributed by atoms with Crippen molar-refractivity contribution in [3.05, 3.63) is 35.9 Å². The molecule has 1 unspecified atom stereocenters. The lowest BCUT2D eigenvalue weighted by Gasteiger charge is -2.26. The van der Waals surface area contributed by atoms with Crippen molar-refractivity contribution < 1.29 is 0 Å². The maximum atomic E-state index is 4.97. The van der Waals surface area contributed by atoms with Crippen molar-refractivity contribution in [3.8, 4) is 0 Å². The van der Waals surface area contributed by atoms with Gasteiger partial charge in [-0.2, -0.15) is 0 Å². The largest absolute Gasteiger partial charge is 0.354 e. The fraction of sp³-hybridized carbons (Fsp3) is 0.500. The van der Waals surface area contributed by atoms with E-state index in [1.807, 2.05) is 0 Å². The number of para-hydroxylation sites is 1. The molecule has 1 saturated heterocycles. The van der Waals surface area contributed by atoms with Crippen LogP contribution in [-0.4, -0.2) is 23.6 Å². The molecule has 0 aliphatic carbocycles. The van der Waals surface area contributed by atoms with Crippen molar-refractivity contribution in [1.82, 2.24) is 10.3 Å². The van der Waals surface area contributed by atoms with Crippen LogP contribution in [0.4, 0.5) is 5.82 Å². The number of pyridine rings is 1. The highest BCUT2D eigenvalue weighted by Crippen LogP contribution is 2.29. The molecule has 1 aliphatic heterocycles. The van der Waals surface area contributed by atoms with Gasteiger partial charge in [-0.1, -0.05) is 32.0 Å². The van der Waals surface area contributed by atoms with Gasteiger partial charge in [-0.25, -0.2) is 4.98 Å². The second-order valence-corrected chi connectivity index (χ2v) is 6.38. The molecule has 1 aromatic heterocycles. The number of fused-ring (bicyclic) bond motifs is 1. The Kier molecular flexibility index (Phi) is 4.11. The minimum absolute atomic E-state index is 0.486. The molecule has 0 bridgehead atoms. The number of nitrogens with zero attached hydrogens (tertiary/aromatic N) is 2. The van der Waals surface area contributed by atoms with Crippen LogP contribution in [0.2, 0.25) is 0 Å². The molecule has 2 aromatic rings. The lowest BCUT2D eigenvalue weighted by Crippen LogP contribution is -2.30. The molecule has 112 valence electrons. The quantitative estimate of drug-likeness (QED) is 0.927. The van der Waals surface area contributed by atoms with E-state index in [1.165, 1.54) is 29.6 Å². The molecule has 1 aromatic carbocycles. The molecular weight excluding hydrogens is 258 g/mol. The van der Waals surface area contributed by atoms with E-state index in [9.17, 15) is 0 Å². The first-order valence-corrected chi connectivity index (χ1v) is 8.04. The van der Waals surface area contributed by atoms with Gasteiger partial charge in [0.05, 0.1) is 5.52 Å². The molecule has 3 nitrogen and oxygen atoms in total. The Morgan fingerprint density at radius 3 is 2.86 bits per heavy atom. The standard InChI is InChI=1S/C18H25N3/c1-13(2)19-12-16-11-15-8-4-5-9-17(15)20-18(16)21-10-6-7-14(21)3/h4-5,8-9,11,13-14,19H,6-7,10,12H2,1-3H3.